The van der Waals surface area contributed by atoms with Crippen LogP contribution in [0.5, 0.6) is 0 Å². The van der Waals surface area contributed by atoms with Gasteiger partial charge < -0.3 is 10.4 Å². The Balaban J connectivity index is 2.65. The van der Waals surface area contributed by atoms with Crippen LogP contribution in [0, 0.1) is 12.3 Å². The Kier molecular flexibility index (Phi) is 3.83. The summed E-state index contributed by atoms with van der Waals surface area (Å²) in [6, 6.07) is 5.12. The minimum absolute atomic E-state index is 0.0663. The number of aromatic nitrogens is 1. The molecule has 17 heavy (non-hydrogen) atoms. The first kappa shape index (κ1) is 13.2. The quantitative estimate of drug-likeness (QED) is 0.824. The van der Waals surface area contributed by atoms with Crippen LogP contribution >= 0.6 is 0 Å². The normalized spacial score (nSPS) is 11.0. The molecule has 0 fully saturated rings. The summed E-state index contributed by atoms with van der Waals surface area (Å²) in [6.45, 7) is 4.97. The third kappa shape index (κ3) is 3.55. The number of amides is 1. The lowest BCUT2D eigenvalue weighted by atomic mass is 9.94. The van der Waals surface area contributed by atoms with Crippen LogP contribution < -0.4 is 5.32 Å². The summed E-state index contributed by atoms with van der Waals surface area (Å²) in [4.78, 5) is 26.6. The molecule has 0 atom stereocenters. The second-order valence-electron chi connectivity index (χ2n) is 4.54. The van der Waals surface area contributed by atoms with E-state index in [1.807, 2.05) is 0 Å². The molecule has 92 valence electrons. The summed E-state index contributed by atoms with van der Waals surface area (Å²) < 4.78 is 0. The SMILES string of the molecule is Cc1cccc(C(=O)NCC(C)(C)C(=O)O)n1. The maximum atomic E-state index is 11.7. The van der Waals surface area contributed by atoms with Gasteiger partial charge in [-0.3, -0.25) is 9.59 Å². The van der Waals surface area contributed by atoms with Gasteiger partial charge in [-0.2, -0.15) is 0 Å². The molecule has 1 aromatic rings. The van der Waals surface area contributed by atoms with Crippen LogP contribution in [0.25, 0.3) is 0 Å². The van der Waals surface area contributed by atoms with E-state index in [2.05, 4.69) is 10.3 Å². The first-order valence-electron chi connectivity index (χ1n) is 5.28. The summed E-state index contributed by atoms with van der Waals surface area (Å²) in [7, 11) is 0. The van der Waals surface area contributed by atoms with E-state index in [4.69, 9.17) is 5.11 Å². The van der Waals surface area contributed by atoms with E-state index in [9.17, 15) is 9.59 Å². The van der Waals surface area contributed by atoms with Gasteiger partial charge in [0.2, 0.25) is 0 Å². The number of carboxylic acids is 1. The molecular formula is C12H16N2O3. The molecular weight excluding hydrogens is 220 g/mol. The molecule has 0 unspecified atom stereocenters. The van der Waals surface area contributed by atoms with Crippen molar-refractivity contribution < 1.29 is 14.7 Å². The van der Waals surface area contributed by atoms with E-state index in [1.54, 1.807) is 39.0 Å². The van der Waals surface area contributed by atoms with Crippen LogP contribution in [-0.2, 0) is 4.79 Å². The first-order chi connectivity index (χ1) is 7.83. The predicted octanol–water partition coefficient (Wildman–Crippen LogP) is 1.23. The van der Waals surface area contributed by atoms with E-state index in [1.165, 1.54) is 0 Å². The van der Waals surface area contributed by atoms with Gasteiger partial charge in [-0.15, -0.1) is 0 Å². The monoisotopic (exact) mass is 236 g/mol. The van der Waals surface area contributed by atoms with Crippen LogP contribution in [0.1, 0.15) is 30.0 Å². The number of pyridine rings is 1. The van der Waals surface area contributed by atoms with Gasteiger partial charge in [-0.1, -0.05) is 6.07 Å². The molecule has 1 aromatic heterocycles. The maximum absolute atomic E-state index is 11.7. The third-order valence-corrected chi connectivity index (χ3v) is 2.39. The van der Waals surface area contributed by atoms with Crippen molar-refractivity contribution in [3.05, 3.63) is 29.6 Å². The summed E-state index contributed by atoms with van der Waals surface area (Å²) in [5.41, 5.74) is 0.0563. The summed E-state index contributed by atoms with van der Waals surface area (Å²) >= 11 is 0. The van der Waals surface area contributed by atoms with Gasteiger partial charge in [0, 0.05) is 12.2 Å². The summed E-state index contributed by atoms with van der Waals surface area (Å²) in [5, 5.41) is 11.5. The smallest absolute Gasteiger partial charge is 0.310 e. The second-order valence-corrected chi connectivity index (χ2v) is 4.54. The van der Waals surface area contributed by atoms with Gasteiger partial charge in [-0.25, -0.2) is 4.98 Å². The van der Waals surface area contributed by atoms with Crippen molar-refractivity contribution in [2.24, 2.45) is 5.41 Å². The molecule has 1 amide bonds. The van der Waals surface area contributed by atoms with Crippen molar-refractivity contribution in [3.8, 4) is 0 Å². The number of hydrogen-bond donors (Lipinski definition) is 2. The molecule has 0 aromatic carbocycles. The zero-order chi connectivity index (χ0) is 13.1. The van der Waals surface area contributed by atoms with E-state index in [0.29, 0.717) is 5.69 Å². The molecule has 5 nitrogen and oxygen atoms in total. The van der Waals surface area contributed by atoms with E-state index in [0.717, 1.165) is 5.69 Å². The summed E-state index contributed by atoms with van der Waals surface area (Å²) in [6.07, 6.45) is 0. The minimum atomic E-state index is -0.987. The number of carbonyl (C=O) groups is 2. The van der Waals surface area contributed by atoms with Crippen LogP contribution in [0.3, 0.4) is 0 Å². The molecule has 5 heteroatoms. The average Bonchev–Trinajstić information content (AvgIpc) is 2.25. The summed E-state index contributed by atoms with van der Waals surface area (Å²) in [5.74, 6) is -1.31. The highest BCUT2D eigenvalue weighted by Gasteiger charge is 2.27. The molecule has 0 radical (unpaired) electrons. The van der Waals surface area contributed by atoms with Gasteiger partial charge in [0.25, 0.3) is 5.91 Å². The van der Waals surface area contributed by atoms with Crippen molar-refractivity contribution in [2.45, 2.75) is 20.8 Å². The lowest BCUT2D eigenvalue weighted by Gasteiger charge is -2.19. The van der Waals surface area contributed by atoms with E-state index in [-0.39, 0.29) is 12.5 Å². The Morgan fingerprint density at radius 3 is 2.59 bits per heavy atom. The highest BCUT2D eigenvalue weighted by atomic mass is 16.4. The predicted molar refractivity (Wildman–Crippen MR) is 62.7 cm³/mol. The minimum Gasteiger partial charge on any atom is -0.481 e. The maximum Gasteiger partial charge on any atom is 0.310 e. The zero-order valence-electron chi connectivity index (χ0n) is 10.2. The number of hydrogen-bond acceptors (Lipinski definition) is 3. The molecule has 2 N–H and O–H groups in total. The van der Waals surface area contributed by atoms with Gasteiger partial charge in [0.05, 0.1) is 5.41 Å². The lowest BCUT2D eigenvalue weighted by molar-refractivity contribution is -0.146. The topological polar surface area (TPSA) is 79.3 Å². The number of nitrogens with one attached hydrogen (secondary N) is 1. The Labute approximate surface area is 99.9 Å². The highest BCUT2D eigenvalue weighted by Crippen LogP contribution is 2.13. The standard InChI is InChI=1S/C12H16N2O3/c1-8-5-4-6-9(14-8)10(15)13-7-12(2,3)11(16)17/h4-6H,7H2,1-3H3,(H,13,15)(H,16,17). The third-order valence-electron chi connectivity index (χ3n) is 2.39. The van der Waals surface area contributed by atoms with Crippen molar-refractivity contribution in [1.29, 1.82) is 0 Å². The van der Waals surface area contributed by atoms with E-state index >= 15 is 0 Å². The molecule has 0 aliphatic heterocycles. The van der Waals surface area contributed by atoms with Gasteiger partial charge in [0.1, 0.15) is 5.69 Å². The molecule has 0 saturated heterocycles. The van der Waals surface area contributed by atoms with Gasteiger partial charge in [-0.05, 0) is 32.9 Å². The van der Waals surface area contributed by atoms with Crippen molar-refractivity contribution in [3.63, 3.8) is 0 Å². The second kappa shape index (κ2) is 4.95. The molecule has 0 bridgehead atoms. The fourth-order valence-electron chi connectivity index (χ4n) is 1.14. The fraction of sp³-hybridized carbons (Fsp3) is 0.417. The van der Waals surface area contributed by atoms with Gasteiger partial charge in [0.15, 0.2) is 0 Å². The molecule has 0 spiro atoms. The highest BCUT2D eigenvalue weighted by molar-refractivity contribution is 5.92. The van der Waals surface area contributed by atoms with Crippen LogP contribution in [0.4, 0.5) is 0 Å². The number of carbonyl (C=O) groups excluding carboxylic acids is 1. The number of rotatable bonds is 4. The average molecular weight is 236 g/mol. The Bertz CT molecular complexity index is 441. The van der Waals surface area contributed by atoms with Gasteiger partial charge >= 0.3 is 5.97 Å². The number of aryl methyl sites for hydroxylation is 1. The van der Waals surface area contributed by atoms with E-state index < -0.39 is 11.4 Å². The number of carboxylic acid groups (broad SMARTS) is 1. The lowest BCUT2D eigenvalue weighted by Crippen LogP contribution is -2.39. The molecule has 0 saturated carbocycles. The van der Waals surface area contributed by atoms with Crippen LogP contribution in [-0.4, -0.2) is 28.5 Å². The fourth-order valence-corrected chi connectivity index (χ4v) is 1.14. The Morgan fingerprint density at radius 2 is 2.06 bits per heavy atom. The molecule has 0 aliphatic carbocycles. The number of aliphatic carboxylic acids is 1. The van der Waals surface area contributed by atoms with Crippen molar-refractivity contribution in [1.82, 2.24) is 10.3 Å². The molecule has 1 heterocycles. The van der Waals surface area contributed by atoms with Crippen molar-refractivity contribution in [2.75, 3.05) is 6.54 Å². The largest absolute Gasteiger partial charge is 0.481 e. The zero-order valence-corrected chi connectivity index (χ0v) is 10.2. The molecule has 0 aliphatic rings. The first-order valence-corrected chi connectivity index (χ1v) is 5.28. The van der Waals surface area contributed by atoms with Crippen molar-refractivity contribution >= 4 is 11.9 Å². The Hall–Kier alpha value is -1.91. The molecule has 1 rings (SSSR count). The van der Waals surface area contributed by atoms with Crippen LogP contribution in [0.2, 0.25) is 0 Å². The number of nitrogens with zero attached hydrogens (tertiary/aromatic N) is 1. The van der Waals surface area contributed by atoms with Crippen LogP contribution in [0.15, 0.2) is 18.2 Å². The Morgan fingerprint density at radius 1 is 1.41 bits per heavy atom.